The largest absolute Gasteiger partial charge is 0.506 e. The molecule has 0 radical (unpaired) electrons. The standard InChI is InChI=1S/C20H26N2O5.2ClH/c1-20(2,10-14-5-3-4-13(8-14)9-19(26)27)21-11-18(25)15-6-7-17(24)16(12-23)22-15;;/h3-8,18,21,23-25H,9-12H2,1-2H3,(H,26,27);2*1H. The van der Waals surface area contributed by atoms with Gasteiger partial charge in [-0.25, -0.2) is 4.98 Å². The SMILES string of the molecule is CC(C)(Cc1cccc(CC(=O)O)c1)NCC(O)c1ccc(O)c(CO)n1.Cl.Cl. The van der Waals surface area contributed by atoms with E-state index in [0.717, 1.165) is 11.1 Å². The summed E-state index contributed by atoms with van der Waals surface area (Å²) < 4.78 is 0. The highest BCUT2D eigenvalue weighted by molar-refractivity contribution is 5.85. The zero-order chi connectivity index (χ0) is 20.0. The van der Waals surface area contributed by atoms with E-state index in [9.17, 15) is 15.0 Å². The fraction of sp³-hybridized carbons (Fsp3) is 0.400. The smallest absolute Gasteiger partial charge is 0.307 e. The first-order chi connectivity index (χ1) is 12.7. The number of hydrogen-bond acceptors (Lipinski definition) is 6. The van der Waals surface area contributed by atoms with Crippen molar-refractivity contribution in [1.82, 2.24) is 10.3 Å². The molecule has 0 bridgehead atoms. The number of aliphatic hydroxyl groups is 2. The van der Waals surface area contributed by atoms with Gasteiger partial charge in [0.15, 0.2) is 0 Å². The third kappa shape index (κ3) is 8.55. The third-order valence-electron chi connectivity index (χ3n) is 4.23. The van der Waals surface area contributed by atoms with Gasteiger partial charge in [-0.3, -0.25) is 4.79 Å². The zero-order valence-electron chi connectivity index (χ0n) is 16.3. The molecule has 5 N–H and O–H groups in total. The Bertz CT molecular complexity index is 802. The summed E-state index contributed by atoms with van der Waals surface area (Å²) in [6, 6.07) is 10.4. The number of nitrogens with one attached hydrogen (secondary N) is 1. The average Bonchev–Trinajstić information content (AvgIpc) is 2.59. The highest BCUT2D eigenvalue weighted by atomic mass is 35.5. The van der Waals surface area contributed by atoms with Crippen LogP contribution in [0.4, 0.5) is 0 Å². The number of carboxylic acid groups (broad SMARTS) is 1. The van der Waals surface area contributed by atoms with Crippen LogP contribution >= 0.6 is 24.8 Å². The molecule has 7 nitrogen and oxygen atoms in total. The predicted octanol–water partition coefficient (Wildman–Crippen LogP) is 2.39. The molecule has 1 unspecified atom stereocenters. The Hall–Kier alpha value is -1.90. The summed E-state index contributed by atoms with van der Waals surface area (Å²) in [5.74, 6) is -0.973. The summed E-state index contributed by atoms with van der Waals surface area (Å²) >= 11 is 0. The second kappa shape index (κ2) is 11.9. The number of carbonyl (C=O) groups is 1. The zero-order valence-corrected chi connectivity index (χ0v) is 18.0. The molecule has 9 heteroatoms. The van der Waals surface area contributed by atoms with Crippen LogP contribution in [0.3, 0.4) is 0 Å². The Morgan fingerprint density at radius 2 is 1.83 bits per heavy atom. The van der Waals surface area contributed by atoms with Crippen molar-refractivity contribution < 1.29 is 25.2 Å². The van der Waals surface area contributed by atoms with Gasteiger partial charge in [-0.2, -0.15) is 0 Å². The summed E-state index contributed by atoms with van der Waals surface area (Å²) in [4.78, 5) is 14.9. The van der Waals surface area contributed by atoms with Gasteiger partial charge >= 0.3 is 5.97 Å². The molecular formula is C20H28Cl2N2O5. The highest BCUT2D eigenvalue weighted by Gasteiger charge is 2.21. The van der Waals surface area contributed by atoms with Gasteiger partial charge in [0.25, 0.3) is 0 Å². The van der Waals surface area contributed by atoms with Crippen molar-refractivity contribution in [3.8, 4) is 5.75 Å². The van der Waals surface area contributed by atoms with Crippen molar-refractivity contribution in [1.29, 1.82) is 0 Å². The van der Waals surface area contributed by atoms with Crippen molar-refractivity contribution in [2.75, 3.05) is 6.54 Å². The first-order valence-electron chi connectivity index (χ1n) is 8.72. The number of carboxylic acids is 1. The maximum Gasteiger partial charge on any atom is 0.307 e. The maximum atomic E-state index is 10.9. The average molecular weight is 447 g/mol. The Morgan fingerprint density at radius 3 is 2.45 bits per heavy atom. The molecule has 29 heavy (non-hydrogen) atoms. The number of halogens is 2. The van der Waals surface area contributed by atoms with Crippen LogP contribution in [0, 0.1) is 0 Å². The van der Waals surface area contributed by atoms with Crippen LogP contribution in [0.25, 0.3) is 0 Å². The molecule has 0 aliphatic rings. The van der Waals surface area contributed by atoms with Crippen LogP contribution in [0.5, 0.6) is 5.75 Å². The Labute approximate surface area is 182 Å². The Kier molecular flexibility index (Phi) is 11.2. The molecule has 0 saturated carbocycles. The number of aliphatic carboxylic acids is 1. The summed E-state index contributed by atoms with van der Waals surface area (Å²) in [7, 11) is 0. The number of rotatable bonds is 9. The topological polar surface area (TPSA) is 123 Å². The Balaban J connectivity index is 0.00000392. The van der Waals surface area contributed by atoms with E-state index in [4.69, 9.17) is 10.2 Å². The van der Waals surface area contributed by atoms with E-state index in [2.05, 4.69) is 10.3 Å². The number of β-amino-alcohol motifs (C(OH)–C–C–N with tert-alkyl or cyclic N) is 1. The maximum absolute atomic E-state index is 10.9. The lowest BCUT2D eigenvalue weighted by Gasteiger charge is -2.28. The molecule has 0 fully saturated rings. The van der Waals surface area contributed by atoms with Gasteiger partial charge in [0.1, 0.15) is 17.5 Å². The summed E-state index contributed by atoms with van der Waals surface area (Å²) in [5.41, 5.74) is 1.90. The molecule has 2 aromatic rings. The molecule has 1 aromatic heterocycles. The first-order valence-corrected chi connectivity index (χ1v) is 8.72. The molecule has 1 atom stereocenters. The lowest BCUT2D eigenvalue weighted by molar-refractivity contribution is -0.136. The minimum Gasteiger partial charge on any atom is -0.506 e. The van der Waals surface area contributed by atoms with Crippen molar-refractivity contribution in [2.24, 2.45) is 0 Å². The molecule has 0 saturated heterocycles. The van der Waals surface area contributed by atoms with E-state index in [1.807, 2.05) is 32.0 Å². The van der Waals surface area contributed by atoms with Gasteiger partial charge < -0.3 is 25.7 Å². The van der Waals surface area contributed by atoms with Crippen molar-refractivity contribution in [3.63, 3.8) is 0 Å². The minimum atomic E-state index is -0.895. The predicted molar refractivity (Wildman–Crippen MR) is 115 cm³/mol. The molecule has 0 amide bonds. The summed E-state index contributed by atoms with van der Waals surface area (Å²) in [5, 5.41) is 41.3. The van der Waals surface area contributed by atoms with Crippen molar-refractivity contribution in [2.45, 2.75) is 44.9 Å². The fourth-order valence-corrected chi connectivity index (χ4v) is 2.89. The van der Waals surface area contributed by atoms with Crippen LogP contribution in [0.1, 0.15) is 42.5 Å². The number of hydrogen-bond donors (Lipinski definition) is 5. The van der Waals surface area contributed by atoms with E-state index >= 15 is 0 Å². The number of aromatic hydroxyl groups is 1. The van der Waals surface area contributed by atoms with Gasteiger partial charge in [-0.15, -0.1) is 24.8 Å². The van der Waals surface area contributed by atoms with Gasteiger partial charge in [0.05, 0.1) is 18.7 Å². The van der Waals surface area contributed by atoms with Crippen LogP contribution in [0.2, 0.25) is 0 Å². The van der Waals surface area contributed by atoms with Crippen molar-refractivity contribution in [3.05, 3.63) is 58.9 Å². The van der Waals surface area contributed by atoms with Crippen LogP contribution in [0.15, 0.2) is 36.4 Å². The molecule has 0 aliphatic carbocycles. The number of pyridine rings is 1. The normalized spacial score (nSPS) is 11.9. The second-order valence-corrected chi connectivity index (χ2v) is 7.21. The van der Waals surface area contributed by atoms with Gasteiger partial charge in [-0.05, 0) is 43.5 Å². The van der Waals surface area contributed by atoms with Crippen molar-refractivity contribution >= 4 is 30.8 Å². The molecule has 0 aliphatic heterocycles. The summed E-state index contributed by atoms with van der Waals surface area (Å²) in [6.45, 7) is 3.82. The number of aromatic nitrogens is 1. The molecule has 1 heterocycles. The van der Waals surface area contributed by atoms with E-state index in [1.54, 1.807) is 6.07 Å². The van der Waals surface area contributed by atoms with Gasteiger partial charge in [0, 0.05) is 12.1 Å². The Morgan fingerprint density at radius 1 is 1.17 bits per heavy atom. The van der Waals surface area contributed by atoms with E-state index in [1.165, 1.54) is 12.1 Å². The number of nitrogens with zero attached hydrogens (tertiary/aromatic N) is 1. The van der Waals surface area contributed by atoms with Gasteiger partial charge in [-0.1, -0.05) is 24.3 Å². The van der Waals surface area contributed by atoms with E-state index in [0.29, 0.717) is 12.1 Å². The number of aliphatic hydroxyl groups excluding tert-OH is 2. The summed E-state index contributed by atoms with van der Waals surface area (Å²) in [6.07, 6.45) is -0.258. The van der Waals surface area contributed by atoms with E-state index in [-0.39, 0.29) is 54.8 Å². The third-order valence-corrected chi connectivity index (χ3v) is 4.23. The van der Waals surface area contributed by atoms with E-state index < -0.39 is 18.7 Å². The lowest BCUT2D eigenvalue weighted by atomic mass is 9.93. The lowest BCUT2D eigenvalue weighted by Crippen LogP contribution is -2.43. The highest BCUT2D eigenvalue weighted by Crippen LogP contribution is 2.20. The first kappa shape index (κ1) is 27.1. The fourth-order valence-electron chi connectivity index (χ4n) is 2.89. The second-order valence-electron chi connectivity index (χ2n) is 7.21. The quantitative estimate of drug-likeness (QED) is 0.400. The van der Waals surface area contributed by atoms with Crippen LogP contribution in [-0.4, -0.2) is 43.5 Å². The number of benzene rings is 1. The molecule has 162 valence electrons. The molecule has 0 spiro atoms. The molecular weight excluding hydrogens is 419 g/mol. The molecule has 2 rings (SSSR count). The monoisotopic (exact) mass is 446 g/mol. The van der Waals surface area contributed by atoms with Gasteiger partial charge in [0.2, 0.25) is 0 Å². The van der Waals surface area contributed by atoms with Crippen LogP contribution in [-0.2, 0) is 24.2 Å². The minimum absolute atomic E-state index is 0. The molecule has 1 aromatic carbocycles. The van der Waals surface area contributed by atoms with Crippen LogP contribution < -0.4 is 5.32 Å².